The third-order valence-corrected chi connectivity index (χ3v) is 3.67. The van der Waals surface area contributed by atoms with E-state index in [9.17, 15) is 13.6 Å². The van der Waals surface area contributed by atoms with Gasteiger partial charge in [0.1, 0.15) is 17.3 Å². The fraction of sp³-hybridized carbons (Fsp3) is 0.533. The van der Waals surface area contributed by atoms with Crippen LogP contribution in [0.5, 0.6) is 0 Å². The first kappa shape index (κ1) is 15.7. The molecule has 0 atom stereocenters. The molecule has 0 aliphatic carbocycles. The maximum atomic E-state index is 14.1. The number of hydrogen-bond acceptors (Lipinski definition) is 3. The number of rotatable bonds is 5. The molecule has 1 amide bonds. The quantitative estimate of drug-likeness (QED) is 0.899. The number of nitrogens with zero attached hydrogens (tertiary/aromatic N) is 2. The van der Waals surface area contributed by atoms with Crippen LogP contribution in [-0.4, -0.2) is 44.5 Å². The second-order valence-corrected chi connectivity index (χ2v) is 5.38. The molecule has 1 aliphatic heterocycles. The lowest BCUT2D eigenvalue weighted by Crippen LogP contribution is -2.37. The number of nitrogens with one attached hydrogen (secondary N) is 1. The molecule has 0 aromatic heterocycles. The third-order valence-electron chi connectivity index (χ3n) is 3.67. The first-order valence-electron chi connectivity index (χ1n) is 7.14. The zero-order valence-electron chi connectivity index (χ0n) is 12.5. The van der Waals surface area contributed by atoms with Gasteiger partial charge >= 0.3 is 0 Å². The first-order chi connectivity index (χ1) is 10.0. The number of likely N-dealkylation sites (N-methyl/N-ethyl adjacent to an activating group) is 1. The van der Waals surface area contributed by atoms with Gasteiger partial charge < -0.3 is 15.1 Å². The van der Waals surface area contributed by atoms with Gasteiger partial charge in [-0.05, 0) is 37.6 Å². The molecule has 4 nitrogen and oxygen atoms in total. The van der Waals surface area contributed by atoms with Crippen molar-refractivity contribution in [3.8, 4) is 0 Å². The van der Waals surface area contributed by atoms with Crippen LogP contribution in [0.3, 0.4) is 0 Å². The van der Waals surface area contributed by atoms with Crippen molar-refractivity contribution >= 4 is 11.6 Å². The molecule has 0 radical (unpaired) electrons. The Labute approximate surface area is 123 Å². The molecule has 1 aromatic carbocycles. The fourth-order valence-corrected chi connectivity index (χ4v) is 2.64. The maximum Gasteiger partial charge on any atom is 0.242 e. The topological polar surface area (TPSA) is 35.6 Å². The number of amides is 1. The molecule has 0 spiro atoms. The lowest BCUT2D eigenvalue weighted by Gasteiger charge is -2.24. The second kappa shape index (κ2) is 6.85. The Morgan fingerprint density at radius 2 is 1.86 bits per heavy atom. The molecular formula is C15H21F2N3O. The summed E-state index contributed by atoms with van der Waals surface area (Å²) in [4.78, 5) is 15.1. The summed E-state index contributed by atoms with van der Waals surface area (Å²) < 4.78 is 28.2. The molecule has 1 N–H and O–H groups in total. The lowest BCUT2D eigenvalue weighted by molar-refractivity contribution is -0.128. The summed E-state index contributed by atoms with van der Waals surface area (Å²) in [6.45, 7) is 1.85. The largest absolute Gasteiger partial charge is 0.361 e. The van der Waals surface area contributed by atoms with Crippen molar-refractivity contribution in [1.29, 1.82) is 0 Å². The molecule has 2 rings (SSSR count). The highest BCUT2D eigenvalue weighted by Gasteiger charge is 2.22. The van der Waals surface area contributed by atoms with Crippen molar-refractivity contribution in [2.45, 2.75) is 19.4 Å². The van der Waals surface area contributed by atoms with Crippen LogP contribution in [-0.2, 0) is 11.3 Å². The van der Waals surface area contributed by atoms with Crippen molar-refractivity contribution in [3.63, 3.8) is 0 Å². The molecule has 0 unspecified atom stereocenters. The van der Waals surface area contributed by atoms with Gasteiger partial charge in [-0.3, -0.25) is 4.79 Å². The molecule has 116 valence electrons. The van der Waals surface area contributed by atoms with Crippen LogP contribution in [0.1, 0.15) is 18.4 Å². The number of halogens is 2. The third kappa shape index (κ3) is 3.69. The van der Waals surface area contributed by atoms with E-state index in [2.05, 4.69) is 5.32 Å². The van der Waals surface area contributed by atoms with Crippen molar-refractivity contribution in [2.75, 3.05) is 38.6 Å². The number of carbonyl (C=O) groups excluding carboxylic acids is 1. The van der Waals surface area contributed by atoms with E-state index in [1.54, 1.807) is 11.9 Å². The molecule has 1 heterocycles. The van der Waals surface area contributed by atoms with Gasteiger partial charge in [-0.2, -0.15) is 0 Å². The van der Waals surface area contributed by atoms with Crippen molar-refractivity contribution < 1.29 is 13.6 Å². The van der Waals surface area contributed by atoms with Crippen LogP contribution >= 0.6 is 0 Å². The predicted molar refractivity (Wildman–Crippen MR) is 78.2 cm³/mol. The first-order valence-corrected chi connectivity index (χ1v) is 7.14. The van der Waals surface area contributed by atoms with Gasteiger partial charge in [-0.25, -0.2) is 8.78 Å². The van der Waals surface area contributed by atoms with Crippen molar-refractivity contribution in [3.05, 3.63) is 29.3 Å². The molecule has 1 aromatic rings. The maximum absolute atomic E-state index is 14.1. The summed E-state index contributed by atoms with van der Waals surface area (Å²) in [5.41, 5.74) is 0.387. The van der Waals surface area contributed by atoms with Gasteiger partial charge in [-0.15, -0.1) is 0 Å². The summed E-state index contributed by atoms with van der Waals surface area (Å²) in [6.07, 6.45) is 1.99. The van der Waals surface area contributed by atoms with Gasteiger partial charge in [0.05, 0.1) is 6.54 Å². The Balaban J connectivity index is 2.11. The summed E-state index contributed by atoms with van der Waals surface area (Å²) in [7, 11) is 3.25. The number of hydrogen-bond donors (Lipinski definition) is 1. The average molecular weight is 297 g/mol. The Morgan fingerprint density at radius 1 is 1.29 bits per heavy atom. The monoisotopic (exact) mass is 297 g/mol. The molecular weight excluding hydrogens is 276 g/mol. The summed E-state index contributed by atoms with van der Waals surface area (Å²) in [5, 5.41) is 2.85. The minimum absolute atomic E-state index is 0.0147. The van der Waals surface area contributed by atoms with E-state index in [4.69, 9.17) is 0 Å². The minimum atomic E-state index is -0.642. The Kier molecular flexibility index (Phi) is 5.12. The van der Waals surface area contributed by atoms with Gasteiger partial charge in [0.15, 0.2) is 0 Å². The van der Waals surface area contributed by atoms with Crippen LogP contribution in [0.15, 0.2) is 12.1 Å². The average Bonchev–Trinajstić information content (AvgIpc) is 2.91. The highest BCUT2D eigenvalue weighted by Crippen LogP contribution is 2.24. The normalized spacial score (nSPS) is 14.6. The number of likely N-dealkylation sites (tertiary alicyclic amines) is 1. The predicted octanol–water partition coefficient (Wildman–Crippen LogP) is 1.74. The van der Waals surface area contributed by atoms with Crippen LogP contribution in [0, 0.1) is 11.6 Å². The van der Waals surface area contributed by atoms with E-state index in [1.165, 1.54) is 24.1 Å². The van der Waals surface area contributed by atoms with E-state index in [0.29, 0.717) is 12.1 Å². The van der Waals surface area contributed by atoms with E-state index in [0.717, 1.165) is 25.9 Å². The Hall–Kier alpha value is -1.69. The Bertz CT molecular complexity index is 493. The van der Waals surface area contributed by atoms with Crippen LogP contribution in [0.25, 0.3) is 0 Å². The Morgan fingerprint density at radius 3 is 2.38 bits per heavy atom. The number of anilines is 1. The number of benzene rings is 1. The highest BCUT2D eigenvalue weighted by molar-refractivity contribution is 5.81. The van der Waals surface area contributed by atoms with Gasteiger partial charge in [0.2, 0.25) is 5.91 Å². The minimum Gasteiger partial charge on any atom is -0.361 e. The van der Waals surface area contributed by atoms with Gasteiger partial charge in [-0.1, -0.05) is 0 Å². The summed E-state index contributed by atoms with van der Waals surface area (Å²) in [6, 6.07) is 2.59. The van der Waals surface area contributed by atoms with Crippen LogP contribution < -0.4 is 10.2 Å². The van der Waals surface area contributed by atoms with Crippen LogP contribution in [0.4, 0.5) is 14.5 Å². The second-order valence-electron chi connectivity index (χ2n) is 5.38. The smallest absolute Gasteiger partial charge is 0.242 e. The number of carbonyl (C=O) groups is 1. The van der Waals surface area contributed by atoms with E-state index >= 15 is 0 Å². The fourth-order valence-electron chi connectivity index (χ4n) is 2.64. The zero-order chi connectivity index (χ0) is 15.4. The molecule has 0 saturated carbocycles. The highest BCUT2D eigenvalue weighted by atomic mass is 19.1. The molecule has 21 heavy (non-hydrogen) atoms. The molecule has 1 aliphatic rings. The lowest BCUT2D eigenvalue weighted by atomic mass is 10.1. The van der Waals surface area contributed by atoms with Crippen LogP contribution in [0.2, 0.25) is 0 Å². The summed E-state index contributed by atoms with van der Waals surface area (Å²) >= 11 is 0. The van der Waals surface area contributed by atoms with E-state index < -0.39 is 11.6 Å². The summed E-state index contributed by atoms with van der Waals surface area (Å²) in [5.74, 6) is -1.37. The van der Waals surface area contributed by atoms with Crippen molar-refractivity contribution in [1.82, 2.24) is 10.2 Å². The van der Waals surface area contributed by atoms with Gasteiger partial charge in [0, 0.05) is 26.7 Å². The van der Waals surface area contributed by atoms with Gasteiger partial charge in [0.25, 0.3) is 0 Å². The van der Waals surface area contributed by atoms with Crippen molar-refractivity contribution in [2.24, 2.45) is 0 Å². The molecule has 6 heteroatoms. The molecule has 0 bridgehead atoms. The van der Waals surface area contributed by atoms with E-state index in [-0.39, 0.29) is 18.1 Å². The standard InChI is InChI=1S/C15H21F2N3O/c1-18-9-11-7-12(16)15(13(17)8-11)19(2)10-14(21)20-5-3-4-6-20/h7-8,18H,3-6,9-10H2,1-2H3. The zero-order valence-corrected chi connectivity index (χ0v) is 12.5. The van der Waals surface area contributed by atoms with E-state index in [1.807, 2.05) is 0 Å². The molecule has 1 fully saturated rings. The SMILES string of the molecule is CNCc1cc(F)c(N(C)CC(=O)N2CCCC2)c(F)c1. The molecule has 1 saturated heterocycles.